The van der Waals surface area contributed by atoms with Crippen molar-refractivity contribution in [1.29, 1.82) is 0 Å². The Labute approximate surface area is 116 Å². The Balaban J connectivity index is 2.49. The normalized spacial score (nSPS) is 11.6. The van der Waals surface area contributed by atoms with Crippen molar-refractivity contribution in [1.82, 2.24) is 0 Å². The molecular weight excluding hydrogens is 290 g/mol. The molecule has 0 amide bonds. The van der Waals surface area contributed by atoms with Gasteiger partial charge >= 0.3 is 5.97 Å². The summed E-state index contributed by atoms with van der Waals surface area (Å²) in [4.78, 5) is 11.4. The Morgan fingerprint density at radius 2 is 1.95 bits per heavy atom. The van der Waals surface area contributed by atoms with Crippen molar-refractivity contribution in [2.45, 2.75) is 11.8 Å². The van der Waals surface area contributed by atoms with Gasteiger partial charge < -0.3 is 18.6 Å². The van der Waals surface area contributed by atoms with Crippen molar-refractivity contribution >= 4 is 16.0 Å². The minimum atomic E-state index is -3.92. The van der Waals surface area contributed by atoms with Crippen LogP contribution in [0.15, 0.2) is 15.4 Å². The summed E-state index contributed by atoms with van der Waals surface area (Å²) in [6.07, 6.45) is 0. The molecule has 0 unspecified atom stereocenters. The molecule has 1 heterocycles. The molecule has 1 aromatic heterocycles. The molecule has 0 bridgehead atoms. The van der Waals surface area contributed by atoms with Gasteiger partial charge in [0.05, 0.1) is 19.8 Å². The molecule has 0 aliphatic carbocycles. The zero-order valence-corrected chi connectivity index (χ0v) is 12.1. The monoisotopic (exact) mass is 307 g/mol. The van der Waals surface area contributed by atoms with Gasteiger partial charge in [-0.3, -0.25) is 0 Å². The highest BCUT2D eigenvalue weighted by Gasteiger charge is 2.21. The third-order valence-electron chi connectivity index (χ3n) is 2.27. The van der Waals surface area contributed by atoms with Gasteiger partial charge in [-0.2, -0.15) is 0 Å². The molecular formula is C11H17NO7S. The maximum atomic E-state index is 11.6. The fourth-order valence-corrected chi connectivity index (χ4v) is 2.07. The number of nitrogens with two attached hydrogens (primary N) is 1. The van der Waals surface area contributed by atoms with Crippen LogP contribution in [0.1, 0.15) is 16.3 Å². The second-order valence-electron chi connectivity index (χ2n) is 3.82. The van der Waals surface area contributed by atoms with Crippen LogP contribution in [-0.2, 0) is 24.2 Å². The number of carbonyl (C=O) groups excluding carboxylic acids is 1. The zero-order chi connectivity index (χ0) is 15.2. The molecule has 0 spiro atoms. The van der Waals surface area contributed by atoms with E-state index >= 15 is 0 Å². The number of furan rings is 1. The van der Waals surface area contributed by atoms with E-state index in [1.54, 1.807) is 7.11 Å². The molecule has 20 heavy (non-hydrogen) atoms. The van der Waals surface area contributed by atoms with Crippen molar-refractivity contribution in [3.8, 4) is 0 Å². The molecule has 2 N–H and O–H groups in total. The first kappa shape index (κ1) is 16.6. The third kappa shape index (κ3) is 4.93. The number of rotatable bonds is 8. The average Bonchev–Trinajstić information content (AvgIpc) is 2.75. The molecule has 0 fully saturated rings. The number of esters is 1. The lowest BCUT2D eigenvalue weighted by Crippen LogP contribution is -2.13. The third-order valence-corrected chi connectivity index (χ3v) is 3.29. The van der Waals surface area contributed by atoms with E-state index in [-0.39, 0.29) is 29.6 Å². The van der Waals surface area contributed by atoms with Crippen molar-refractivity contribution in [3.63, 3.8) is 0 Å². The Bertz CT molecular complexity index is 549. The lowest BCUT2D eigenvalue weighted by atomic mass is 10.4. The van der Waals surface area contributed by atoms with E-state index in [1.807, 2.05) is 0 Å². The Morgan fingerprint density at radius 3 is 2.50 bits per heavy atom. The van der Waals surface area contributed by atoms with Gasteiger partial charge in [-0.25, -0.2) is 18.4 Å². The maximum absolute atomic E-state index is 11.6. The first-order valence-corrected chi connectivity index (χ1v) is 7.28. The van der Waals surface area contributed by atoms with Gasteiger partial charge in [0, 0.05) is 13.2 Å². The van der Waals surface area contributed by atoms with Crippen LogP contribution in [0.3, 0.4) is 0 Å². The SMILES string of the molecule is COCCOCCOC(=O)c1cc(S(N)(=O)=O)c(C)o1. The Morgan fingerprint density at radius 1 is 1.30 bits per heavy atom. The van der Waals surface area contributed by atoms with Crippen LogP contribution in [0.5, 0.6) is 0 Å². The summed E-state index contributed by atoms with van der Waals surface area (Å²) in [6, 6.07) is 1.04. The smallest absolute Gasteiger partial charge is 0.374 e. The number of hydrogen-bond donors (Lipinski definition) is 1. The van der Waals surface area contributed by atoms with E-state index < -0.39 is 16.0 Å². The fourth-order valence-electron chi connectivity index (χ4n) is 1.36. The summed E-state index contributed by atoms with van der Waals surface area (Å²) in [5.41, 5.74) is 0. The number of hydrogen-bond acceptors (Lipinski definition) is 7. The van der Waals surface area contributed by atoms with Gasteiger partial charge in [0.1, 0.15) is 17.3 Å². The molecule has 0 aromatic carbocycles. The average molecular weight is 307 g/mol. The van der Waals surface area contributed by atoms with Crippen LogP contribution in [0.4, 0.5) is 0 Å². The number of aryl methyl sites for hydroxylation is 1. The molecule has 0 aliphatic heterocycles. The van der Waals surface area contributed by atoms with E-state index in [9.17, 15) is 13.2 Å². The van der Waals surface area contributed by atoms with E-state index in [0.29, 0.717) is 13.2 Å². The molecule has 0 aliphatic rings. The fraction of sp³-hybridized carbons (Fsp3) is 0.545. The summed E-state index contributed by atoms with van der Waals surface area (Å²) in [5, 5.41) is 4.97. The Kier molecular flexibility index (Phi) is 6.14. The predicted molar refractivity (Wildman–Crippen MR) is 67.8 cm³/mol. The second-order valence-corrected chi connectivity index (χ2v) is 5.35. The quantitative estimate of drug-likeness (QED) is 0.532. The standard InChI is InChI=1S/C11H17NO7S/c1-8-10(20(12,14)15)7-9(19-8)11(13)18-6-5-17-4-3-16-2/h7H,3-6H2,1-2H3,(H2,12,14,15). The van der Waals surface area contributed by atoms with Crippen LogP contribution in [0.2, 0.25) is 0 Å². The van der Waals surface area contributed by atoms with Gasteiger partial charge in [0.15, 0.2) is 0 Å². The van der Waals surface area contributed by atoms with Crippen LogP contribution in [-0.4, -0.2) is 47.9 Å². The number of methoxy groups -OCH3 is 1. The minimum absolute atomic E-state index is 0.0208. The number of ether oxygens (including phenoxy) is 3. The molecule has 8 nitrogen and oxygen atoms in total. The van der Waals surface area contributed by atoms with Crippen LogP contribution in [0.25, 0.3) is 0 Å². The summed E-state index contributed by atoms with van der Waals surface area (Å²) in [7, 11) is -2.37. The highest BCUT2D eigenvalue weighted by atomic mass is 32.2. The van der Waals surface area contributed by atoms with Crippen molar-refractivity contribution in [2.24, 2.45) is 5.14 Å². The van der Waals surface area contributed by atoms with E-state index in [2.05, 4.69) is 0 Å². The summed E-state index contributed by atoms with van der Waals surface area (Å²) in [6.45, 7) is 2.46. The molecule has 0 atom stereocenters. The highest BCUT2D eigenvalue weighted by molar-refractivity contribution is 7.89. The molecule has 0 saturated carbocycles. The molecule has 1 rings (SSSR count). The largest absolute Gasteiger partial charge is 0.457 e. The number of sulfonamides is 1. The van der Waals surface area contributed by atoms with Gasteiger partial charge in [-0.05, 0) is 6.92 Å². The molecule has 114 valence electrons. The summed E-state index contributed by atoms with van der Waals surface area (Å²) in [5.74, 6) is -0.961. The molecule has 1 aromatic rings. The molecule has 9 heteroatoms. The summed E-state index contributed by atoms with van der Waals surface area (Å²) >= 11 is 0. The lowest BCUT2D eigenvalue weighted by molar-refractivity contribution is 0.0190. The first-order chi connectivity index (χ1) is 9.36. The van der Waals surface area contributed by atoms with E-state index in [1.165, 1.54) is 6.92 Å². The van der Waals surface area contributed by atoms with Crippen molar-refractivity contribution in [3.05, 3.63) is 17.6 Å². The van der Waals surface area contributed by atoms with Gasteiger partial charge in [-0.1, -0.05) is 0 Å². The predicted octanol–water partition coefficient (Wildman–Crippen LogP) is 0.0552. The van der Waals surface area contributed by atoms with Gasteiger partial charge in [-0.15, -0.1) is 0 Å². The zero-order valence-electron chi connectivity index (χ0n) is 11.2. The van der Waals surface area contributed by atoms with Crippen LogP contribution >= 0.6 is 0 Å². The lowest BCUT2D eigenvalue weighted by Gasteiger charge is -2.04. The first-order valence-electron chi connectivity index (χ1n) is 5.73. The molecule has 0 saturated heterocycles. The number of primary sulfonamides is 1. The highest BCUT2D eigenvalue weighted by Crippen LogP contribution is 2.19. The van der Waals surface area contributed by atoms with Crippen LogP contribution < -0.4 is 5.14 Å². The van der Waals surface area contributed by atoms with Crippen molar-refractivity contribution < 1.29 is 31.8 Å². The number of carbonyl (C=O) groups is 1. The second kappa shape index (κ2) is 7.39. The van der Waals surface area contributed by atoms with E-state index in [4.69, 9.17) is 23.8 Å². The summed E-state index contributed by atoms with van der Waals surface area (Å²) < 4.78 is 42.1. The molecule has 0 radical (unpaired) electrons. The minimum Gasteiger partial charge on any atom is -0.457 e. The van der Waals surface area contributed by atoms with Crippen molar-refractivity contribution in [2.75, 3.05) is 33.5 Å². The Hall–Kier alpha value is -1.42. The maximum Gasteiger partial charge on any atom is 0.374 e. The van der Waals surface area contributed by atoms with Gasteiger partial charge in [0.25, 0.3) is 0 Å². The van der Waals surface area contributed by atoms with E-state index in [0.717, 1.165) is 6.07 Å². The topological polar surface area (TPSA) is 118 Å². The van der Waals surface area contributed by atoms with Gasteiger partial charge in [0.2, 0.25) is 15.8 Å². The van der Waals surface area contributed by atoms with Crippen LogP contribution in [0, 0.1) is 6.92 Å².